The maximum atomic E-state index is 13.2. The molecule has 7 nitrogen and oxygen atoms in total. The number of ether oxygens (including phenoxy) is 1. The number of hydrogen-bond donors (Lipinski definition) is 1. The van der Waals surface area contributed by atoms with Crippen LogP contribution in [0.1, 0.15) is 18.4 Å². The lowest BCUT2D eigenvalue weighted by atomic mass is 10.0. The molecule has 1 fully saturated rings. The molecule has 0 aromatic heterocycles. The number of benzene rings is 2. The standard InChI is InChI=1S/C21H23FN2O5S/c1-29-21(26)16-5-3-11-24(14-16)30(27,28)19-9-7-18(8-10-19)23-20(25)13-15-4-2-6-17(22)12-15/h2,4,6-10,12,16H,3,5,11,13-14H2,1H3,(H,23,25)/t16-/m1/s1. The molecule has 1 aliphatic heterocycles. The van der Waals surface area contributed by atoms with E-state index in [4.69, 9.17) is 4.74 Å². The highest BCUT2D eigenvalue weighted by Crippen LogP contribution is 2.25. The first-order valence-corrected chi connectivity index (χ1v) is 11.0. The van der Waals surface area contributed by atoms with Gasteiger partial charge in [0, 0.05) is 18.8 Å². The number of rotatable bonds is 6. The Labute approximate surface area is 174 Å². The number of esters is 1. The van der Waals surface area contributed by atoms with Gasteiger partial charge in [-0.1, -0.05) is 12.1 Å². The predicted molar refractivity (Wildman–Crippen MR) is 109 cm³/mol. The van der Waals surface area contributed by atoms with Gasteiger partial charge < -0.3 is 10.1 Å². The van der Waals surface area contributed by atoms with Gasteiger partial charge in [-0.15, -0.1) is 0 Å². The van der Waals surface area contributed by atoms with Crippen molar-refractivity contribution in [2.24, 2.45) is 5.92 Å². The van der Waals surface area contributed by atoms with Crippen LogP contribution in [0, 0.1) is 11.7 Å². The van der Waals surface area contributed by atoms with Crippen LogP contribution in [-0.4, -0.2) is 44.8 Å². The number of piperidine rings is 1. The second kappa shape index (κ2) is 9.36. The van der Waals surface area contributed by atoms with Crippen molar-refractivity contribution in [3.05, 3.63) is 59.9 Å². The van der Waals surface area contributed by atoms with Crippen LogP contribution in [-0.2, 0) is 30.8 Å². The van der Waals surface area contributed by atoms with Crippen molar-refractivity contribution in [3.63, 3.8) is 0 Å². The van der Waals surface area contributed by atoms with Crippen LogP contribution in [0.25, 0.3) is 0 Å². The van der Waals surface area contributed by atoms with Gasteiger partial charge in [0.25, 0.3) is 0 Å². The molecule has 1 N–H and O–H groups in total. The molecule has 1 aliphatic rings. The van der Waals surface area contributed by atoms with Crippen molar-refractivity contribution in [3.8, 4) is 0 Å². The van der Waals surface area contributed by atoms with Gasteiger partial charge in [0.15, 0.2) is 0 Å². The quantitative estimate of drug-likeness (QED) is 0.706. The Bertz CT molecular complexity index is 1020. The summed E-state index contributed by atoms with van der Waals surface area (Å²) in [6, 6.07) is 11.6. The van der Waals surface area contributed by atoms with Crippen LogP contribution in [0.4, 0.5) is 10.1 Å². The summed E-state index contributed by atoms with van der Waals surface area (Å²) in [6.07, 6.45) is 1.17. The molecular weight excluding hydrogens is 411 g/mol. The minimum Gasteiger partial charge on any atom is -0.469 e. The number of carbonyl (C=O) groups is 2. The van der Waals surface area contributed by atoms with Crippen molar-refractivity contribution < 1.29 is 27.1 Å². The summed E-state index contributed by atoms with van der Waals surface area (Å²) in [5.41, 5.74) is 0.971. The molecule has 1 atom stereocenters. The number of amides is 1. The van der Waals surface area contributed by atoms with E-state index in [2.05, 4.69) is 5.32 Å². The number of carbonyl (C=O) groups excluding carboxylic acids is 2. The van der Waals surface area contributed by atoms with Crippen molar-refractivity contribution >= 4 is 27.6 Å². The van der Waals surface area contributed by atoms with Gasteiger partial charge >= 0.3 is 5.97 Å². The number of anilines is 1. The third-order valence-electron chi connectivity index (χ3n) is 4.95. The highest BCUT2D eigenvalue weighted by molar-refractivity contribution is 7.89. The molecular formula is C21H23FN2O5S. The summed E-state index contributed by atoms with van der Waals surface area (Å²) in [4.78, 5) is 24.0. The average Bonchev–Trinajstić information content (AvgIpc) is 2.73. The summed E-state index contributed by atoms with van der Waals surface area (Å²) in [7, 11) is -2.48. The van der Waals surface area contributed by atoms with Crippen molar-refractivity contribution in [2.75, 3.05) is 25.5 Å². The van der Waals surface area contributed by atoms with E-state index in [1.54, 1.807) is 6.07 Å². The molecule has 0 aliphatic carbocycles. The Morgan fingerprint density at radius 2 is 1.93 bits per heavy atom. The van der Waals surface area contributed by atoms with Crippen LogP contribution in [0.5, 0.6) is 0 Å². The van der Waals surface area contributed by atoms with E-state index in [9.17, 15) is 22.4 Å². The Kier molecular flexibility index (Phi) is 6.84. The highest BCUT2D eigenvalue weighted by atomic mass is 32.2. The van der Waals surface area contributed by atoms with E-state index in [0.29, 0.717) is 30.6 Å². The van der Waals surface area contributed by atoms with Gasteiger partial charge in [0.2, 0.25) is 15.9 Å². The third kappa shape index (κ3) is 5.22. The van der Waals surface area contributed by atoms with Gasteiger partial charge in [-0.2, -0.15) is 4.31 Å². The molecule has 1 saturated heterocycles. The SMILES string of the molecule is COC(=O)[C@@H]1CCCN(S(=O)(=O)c2ccc(NC(=O)Cc3cccc(F)c3)cc2)C1. The summed E-state index contributed by atoms with van der Waals surface area (Å²) >= 11 is 0. The van der Waals surface area contributed by atoms with Crippen molar-refractivity contribution in [2.45, 2.75) is 24.2 Å². The zero-order chi connectivity index (χ0) is 21.7. The second-order valence-corrected chi connectivity index (χ2v) is 9.04. The van der Waals surface area contributed by atoms with Crippen LogP contribution in [0.15, 0.2) is 53.4 Å². The number of nitrogens with zero attached hydrogens (tertiary/aromatic N) is 1. The molecule has 160 valence electrons. The van der Waals surface area contributed by atoms with Crippen molar-refractivity contribution in [1.29, 1.82) is 0 Å². The van der Waals surface area contributed by atoms with Gasteiger partial charge in [0.05, 0.1) is 24.3 Å². The van der Waals surface area contributed by atoms with Gasteiger partial charge in [-0.25, -0.2) is 12.8 Å². The Balaban J connectivity index is 1.65. The summed E-state index contributed by atoms with van der Waals surface area (Å²) < 4.78 is 45.1. The van der Waals surface area contributed by atoms with E-state index in [-0.39, 0.29) is 23.8 Å². The van der Waals surface area contributed by atoms with E-state index in [0.717, 1.165) is 0 Å². The molecule has 2 aromatic carbocycles. The number of nitrogens with one attached hydrogen (secondary N) is 1. The fourth-order valence-electron chi connectivity index (χ4n) is 3.42. The highest BCUT2D eigenvalue weighted by Gasteiger charge is 2.33. The monoisotopic (exact) mass is 434 g/mol. The third-order valence-corrected chi connectivity index (χ3v) is 6.83. The number of hydrogen-bond acceptors (Lipinski definition) is 5. The topological polar surface area (TPSA) is 92.8 Å². The number of methoxy groups -OCH3 is 1. The Hall–Kier alpha value is -2.78. The molecule has 2 aromatic rings. The lowest BCUT2D eigenvalue weighted by Crippen LogP contribution is -2.42. The molecule has 3 rings (SSSR count). The molecule has 0 bridgehead atoms. The van der Waals surface area contributed by atoms with Crippen LogP contribution >= 0.6 is 0 Å². The van der Waals surface area contributed by atoms with Gasteiger partial charge in [-0.3, -0.25) is 9.59 Å². The van der Waals surface area contributed by atoms with E-state index < -0.39 is 27.7 Å². The first-order valence-electron chi connectivity index (χ1n) is 9.52. The maximum absolute atomic E-state index is 13.2. The molecule has 0 unspecified atom stereocenters. The van der Waals surface area contributed by atoms with E-state index in [1.807, 2.05) is 0 Å². The van der Waals surface area contributed by atoms with Gasteiger partial charge in [0.1, 0.15) is 5.82 Å². The zero-order valence-corrected chi connectivity index (χ0v) is 17.3. The Morgan fingerprint density at radius 3 is 2.60 bits per heavy atom. The van der Waals surface area contributed by atoms with Crippen LogP contribution in [0.2, 0.25) is 0 Å². The van der Waals surface area contributed by atoms with Crippen LogP contribution in [0.3, 0.4) is 0 Å². The van der Waals surface area contributed by atoms with Crippen LogP contribution < -0.4 is 5.32 Å². The molecule has 1 amide bonds. The Morgan fingerprint density at radius 1 is 1.20 bits per heavy atom. The first-order chi connectivity index (χ1) is 14.3. The molecule has 9 heteroatoms. The van der Waals surface area contributed by atoms with Crippen molar-refractivity contribution in [1.82, 2.24) is 4.31 Å². The molecule has 30 heavy (non-hydrogen) atoms. The molecule has 0 spiro atoms. The maximum Gasteiger partial charge on any atom is 0.309 e. The fourth-order valence-corrected chi connectivity index (χ4v) is 4.94. The predicted octanol–water partition coefficient (Wildman–Crippen LogP) is 2.58. The molecule has 0 saturated carbocycles. The van der Waals surface area contributed by atoms with Gasteiger partial charge in [-0.05, 0) is 54.8 Å². The minimum atomic E-state index is -3.76. The lowest BCUT2D eigenvalue weighted by Gasteiger charge is -2.30. The summed E-state index contributed by atoms with van der Waals surface area (Å²) in [6.45, 7) is 0.420. The lowest BCUT2D eigenvalue weighted by molar-refractivity contribution is -0.146. The smallest absolute Gasteiger partial charge is 0.309 e. The summed E-state index contributed by atoms with van der Waals surface area (Å²) in [5.74, 6) is -1.64. The van der Waals surface area contributed by atoms with E-state index in [1.165, 1.54) is 53.9 Å². The zero-order valence-electron chi connectivity index (χ0n) is 16.5. The second-order valence-electron chi connectivity index (χ2n) is 7.10. The molecule has 1 heterocycles. The first kappa shape index (κ1) is 21.9. The fraction of sp³-hybridized carbons (Fsp3) is 0.333. The largest absolute Gasteiger partial charge is 0.469 e. The van der Waals surface area contributed by atoms with E-state index >= 15 is 0 Å². The minimum absolute atomic E-state index is 0.000500. The number of halogens is 1. The summed E-state index contributed by atoms with van der Waals surface area (Å²) in [5, 5.41) is 2.67. The normalized spacial score (nSPS) is 17.3. The average molecular weight is 434 g/mol. The molecule has 0 radical (unpaired) electrons. The number of sulfonamides is 1.